The molecule has 3 rings (SSSR count). The van der Waals surface area contributed by atoms with Crippen LogP contribution in [0.15, 0.2) is 36.7 Å². The molecule has 22 heavy (non-hydrogen) atoms. The van der Waals surface area contributed by atoms with Crippen LogP contribution in [0.25, 0.3) is 0 Å². The number of amides is 2. The Kier molecular flexibility index (Phi) is 4.64. The Morgan fingerprint density at radius 2 is 2.18 bits per heavy atom. The predicted octanol–water partition coefficient (Wildman–Crippen LogP) is 4.40. The standard InChI is InChI=1S/C16H18ClN3OS/c1-11(14-4-5-15(17)22-14)19-16(21)20-10-2-3-13(20)12-6-8-18-9-7-12/h4-9,11,13H,2-3,10H2,1H3,(H,19,21). The van der Waals surface area contributed by atoms with Crippen molar-refractivity contribution in [2.45, 2.75) is 31.8 Å². The molecule has 0 spiro atoms. The zero-order valence-corrected chi connectivity index (χ0v) is 13.9. The van der Waals surface area contributed by atoms with Gasteiger partial charge in [0.05, 0.1) is 16.4 Å². The molecule has 2 atom stereocenters. The average Bonchev–Trinajstić information content (AvgIpc) is 3.16. The molecule has 0 saturated carbocycles. The molecule has 3 heterocycles. The first-order chi connectivity index (χ1) is 10.6. The molecule has 6 heteroatoms. The highest BCUT2D eigenvalue weighted by Gasteiger charge is 2.30. The van der Waals surface area contributed by atoms with Crippen molar-refractivity contribution >= 4 is 29.0 Å². The Labute approximate surface area is 139 Å². The Balaban J connectivity index is 1.69. The van der Waals surface area contributed by atoms with Crippen molar-refractivity contribution < 1.29 is 4.79 Å². The zero-order valence-electron chi connectivity index (χ0n) is 12.3. The fourth-order valence-corrected chi connectivity index (χ4v) is 3.91. The van der Waals surface area contributed by atoms with Crippen LogP contribution in [0.3, 0.4) is 0 Å². The van der Waals surface area contributed by atoms with Crippen LogP contribution < -0.4 is 5.32 Å². The molecule has 4 nitrogen and oxygen atoms in total. The number of nitrogens with zero attached hydrogens (tertiary/aromatic N) is 2. The number of halogens is 1. The number of carbonyl (C=O) groups excluding carboxylic acids is 1. The third-order valence-electron chi connectivity index (χ3n) is 3.97. The molecular weight excluding hydrogens is 318 g/mol. The summed E-state index contributed by atoms with van der Waals surface area (Å²) in [5.41, 5.74) is 1.15. The van der Waals surface area contributed by atoms with Crippen LogP contribution >= 0.6 is 22.9 Å². The second-order valence-electron chi connectivity index (χ2n) is 5.45. The predicted molar refractivity (Wildman–Crippen MR) is 89.2 cm³/mol. The summed E-state index contributed by atoms with van der Waals surface area (Å²) in [5.74, 6) is 0. The Hall–Kier alpha value is -1.59. The lowest BCUT2D eigenvalue weighted by molar-refractivity contribution is 0.190. The highest BCUT2D eigenvalue weighted by Crippen LogP contribution is 2.32. The van der Waals surface area contributed by atoms with E-state index in [1.165, 1.54) is 11.3 Å². The molecule has 2 amide bonds. The first-order valence-electron chi connectivity index (χ1n) is 7.37. The molecular formula is C16H18ClN3OS. The molecule has 116 valence electrons. The van der Waals surface area contributed by atoms with Gasteiger partial charge >= 0.3 is 6.03 Å². The van der Waals surface area contributed by atoms with E-state index in [4.69, 9.17) is 11.6 Å². The number of nitrogens with one attached hydrogen (secondary N) is 1. The lowest BCUT2D eigenvalue weighted by atomic mass is 10.1. The summed E-state index contributed by atoms with van der Waals surface area (Å²) in [4.78, 5) is 19.6. The SMILES string of the molecule is CC(NC(=O)N1CCCC1c1ccncc1)c1ccc(Cl)s1. The minimum absolute atomic E-state index is 0.0173. The number of urea groups is 1. The number of thiophene rings is 1. The van der Waals surface area contributed by atoms with Crippen LogP contribution in [0.2, 0.25) is 4.34 Å². The van der Waals surface area contributed by atoms with Gasteiger partial charge in [0, 0.05) is 23.8 Å². The van der Waals surface area contributed by atoms with Crippen molar-refractivity contribution in [1.82, 2.24) is 15.2 Å². The van der Waals surface area contributed by atoms with Gasteiger partial charge in [0.15, 0.2) is 0 Å². The summed E-state index contributed by atoms with van der Waals surface area (Å²) in [6.45, 7) is 2.77. The van der Waals surface area contributed by atoms with Crippen LogP contribution in [-0.4, -0.2) is 22.5 Å². The number of carbonyl (C=O) groups is 1. The fraction of sp³-hybridized carbons (Fsp3) is 0.375. The average molecular weight is 336 g/mol. The second kappa shape index (κ2) is 6.67. The number of hydrogen-bond donors (Lipinski definition) is 1. The molecule has 2 unspecified atom stereocenters. The first kappa shape index (κ1) is 15.3. The molecule has 0 radical (unpaired) electrons. The van der Waals surface area contributed by atoms with Crippen molar-refractivity contribution in [3.8, 4) is 0 Å². The molecule has 1 fully saturated rings. The quantitative estimate of drug-likeness (QED) is 0.903. The first-order valence-corrected chi connectivity index (χ1v) is 8.57. The number of likely N-dealkylation sites (tertiary alicyclic amines) is 1. The number of rotatable bonds is 3. The summed E-state index contributed by atoms with van der Waals surface area (Å²) >= 11 is 7.46. The van der Waals surface area contributed by atoms with Gasteiger partial charge in [0.25, 0.3) is 0 Å². The van der Waals surface area contributed by atoms with E-state index < -0.39 is 0 Å². The molecule has 2 aromatic heterocycles. The maximum Gasteiger partial charge on any atom is 0.318 e. The zero-order chi connectivity index (χ0) is 15.5. The van der Waals surface area contributed by atoms with Crippen molar-refractivity contribution in [1.29, 1.82) is 0 Å². The van der Waals surface area contributed by atoms with Crippen LogP contribution in [0.5, 0.6) is 0 Å². The van der Waals surface area contributed by atoms with Crippen molar-refractivity contribution in [2.75, 3.05) is 6.54 Å². The number of pyridine rings is 1. The summed E-state index contributed by atoms with van der Waals surface area (Å²) in [7, 11) is 0. The largest absolute Gasteiger partial charge is 0.331 e. The van der Waals surface area contributed by atoms with E-state index in [0.29, 0.717) is 0 Å². The third kappa shape index (κ3) is 3.25. The van der Waals surface area contributed by atoms with Crippen LogP contribution in [0.1, 0.15) is 42.3 Å². The highest BCUT2D eigenvalue weighted by molar-refractivity contribution is 7.16. The minimum atomic E-state index is -0.0382. The van der Waals surface area contributed by atoms with Crippen LogP contribution in [-0.2, 0) is 0 Å². The van der Waals surface area contributed by atoms with Gasteiger partial charge in [0.1, 0.15) is 0 Å². The maximum absolute atomic E-state index is 12.6. The van der Waals surface area contributed by atoms with E-state index in [2.05, 4.69) is 10.3 Å². The summed E-state index contributed by atoms with van der Waals surface area (Å²) < 4.78 is 0.743. The summed E-state index contributed by atoms with van der Waals surface area (Å²) in [5, 5.41) is 3.07. The number of aromatic nitrogens is 1. The molecule has 1 N–H and O–H groups in total. The smallest absolute Gasteiger partial charge is 0.318 e. The van der Waals surface area contributed by atoms with E-state index in [1.807, 2.05) is 36.1 Å². The van der Waals surface area contributed by atoms with Gasteiger partial charge in [-0.15, -0.1) is 11.3 Å². The maximum atomic E-state index is 12.6. The lowest BCUT2D eigenvalue weighted by Crippen LogP contribution is -2.40. The van der Waals surface area contributed by atoms with Crippen LogP contribution in [0, 0.1) is 0 Å². The van der Waals surface area contributed by atoms with Crippen LogP contribution in [0.4, 0.5) is 4.79 Å². The normalized spacial score (nSPS) is 19.2. The minimum Gasteiger partial charge on any atom is -0.331 e. The molecule has 1 saturated heterocycles. The molecule has 0 aliphatic carbocycles. The van der Waals surface area contributed by atoms with E-state index in [1.54, 1.807) is 12.4 Å². The van der Waals surface area contributed by atoms with Gasteiger partial charge in [-0.3, -0.25) is 4.98 Å². The number of hydrogen-bond acceptors (Lipinski definition) is 3. The topological polar surface area (TPSA) is 45.2 Å². The summed E-state index contributed by atoms with van der Waals surface area (Å²) in [6.07, 6.45) is 5.58. The van der Waals surface area contributed by atoms with Crippen molar-refractivity contribution in [3.63, 3.8) is 0 Å². The van der Waals surface area contributed by atoms with E-state index in [0.717, 1.165) is 34.2 Å². The molecule has 1 aliphatic rings. The van der Waals surface area contributed by atoms with Gasteiger partial charge in [-0.2, -0.15) is 0 Å². The van der Waals surface area contributed by atoms with Gasteiger partial charge in [-0.1, -0.05) is 11.6 Å². The van der Waals surface area contributed by atoms with E-state index in [9.17, 15) is 4.79 Å². The van der Waals surface area contributed by atoms with Crippen molar-refractivity contribution in [2.24, 2.45) is 0 Å². The molecule has 0 bridgehead atoms. The van der Waals surface area contributed by atoms with E-state index >= 15 is 0 Å². The molecule has 0 aromatic carbocycles. The lowest BCUT2D eigenvalue weighted by Gasteiger charge is -2.26. The fourth-order valence-electron chi connectivity index (χ4n) is 2.84. The Morgan fingerprint density at radius 3 is 2.86 bits per heavy atom. The highest BCUT2D eigenvalue weighted by atomic mass is 35.5. The van der Waals surface area contributed by atoms with Gasteiger partial charge in [-0.25, -0.2) is 4.79 Å². The summed E-state index contributed by atoms with van der Waals surface area (Å²) in [6, 6.07) is 7.88. The second-order valence-corrected chi connectivity index (χ2v) is 7.19. The van der Waals surface area contributed by atoms with Gasteiger partial charge < -0.3 is 10.2 Å². The molecule has 1 aliphatic heterocycles. The van der Waals surface area contributed by atoms with E-state index in [-0.39, 0.29) is 18.1 Å². The monoisotopic (exact) mass is 335 g/mol. The Morgan fingerprint density at radius 1 is 1.41 bits per heavy atom. The molecule has 2 aromatic rings. The van der Waals surface area contributed by atoms with Crippen molar-refractivity contribution in [3.05, 3.63) is 51.4 Å². The Bertz CT molecular complexity index is 646. The van der Waals surface area contributed by atoms with Gasteiger partial charge in [-0.05, 0) is 49.6 Å². The van der Waals surface area contributed by atoms with Gasteiger partial charge in [0.2, 0.25) is 0 Å². The third-order valence-corrected chi connectivity index (χ3v) is 5.38.